The second-order valence-corrected chi connectivity index (χ2v) is 6.24. The Morgan fingerprint density at radius 3 is 2.44 bits per heavy atom. The second-order valence-electron chi connectivity index (χ2n) is 6.24. The van der Waals surface area contributed by atoms with Crippen molar-refractivity contribution in [3.05, 3.63) is 95.6 Å². The molecule has 0 aliphatic carbocycles. The van der Waals surface area contributed by atoms with Crippen LogP contribution >= 0.6 is 0 Å². The molecule has 0 aliphatic heterocycles. The number of ether oxygens (including phenoxy) is 1. The summed E-state index contributed by atoms with van der Waals surface area (Å²) in [6.45, 7) is 0.426. The Balaban J connectivity index is 1.73. The number of imidazole rings is 1. The fourth-order valence-corrected chi connectivity index (χ4v) is 3.07. The van der Waals surface area contributed by atoms with Crippen molar-refractivity contribution in [2.75, 3.05) is 7.11 Å². The first-order chi connectivity index (χ1) is 13.2. The van der Waals surface area contributed by atoms with Crippen LogP contribution in [0.4, 0.5) is 4.39 Å². The van der Waals surface area contributed by atoms with Gasteiger partial charge in [-0.15, -0.1) is 0 Å². The zero-order valence-corrected chi connectivity index (χ0v) is 15.0. The Morgan fingerprint density at radius 1 is 0.926 bits per heavy atom. The molecule has 3 nitrogen and oxygen atoms in total. The van der Waals surface area contributed by atoms with Gasteiger partial charge in [0.1, 0.15) is 17.4 Å². The van der Waals surface area contributed by atoms with Crippen LogP contribution < -0.4 is 4.74 Å². The van der Waals surface area contributed by atoms with Crippen molar-refractivity contribution < 1.29 is 9.13 Å². The van der Waals surface area contributed by atoms with Crippen molar-refractivity contribution in [2.45, 2.75) is 6.54 Å². The molecule has 4 rings (SSSR count). The maximum atomic E-state index is 14.2. The molecule has 0 fully saturated rings. The van der Waals surface area contributed by atoms with Crippen LogP contribution in [0.15, 0.2) is 72.8 Å². The summed E-state index contributed by atoms with van der Waals surface area (Å²) in [6.07, 6.45) is 3.96. The number of hydrogen-bond acceptors (Lipinski definition) is 2. The minimum atomic E-state index is -0.208. The predicted molar refractivity (Wildman–Crippen MR) is 107 cm³/mol. The van der Waals surface area contributed by atoms with Gasteiger partial charge in [0.2, 0.25) is 0 Å². The molecule has 134 valence electrons. The first-order valence-corrected chi connectivity index (χ1v) is 8.75. The lowest BCUT2D eigenvalue weighted by atomic mass is 10.2. The lowest BCUT2D eigenvalue weighted by Crippen LogP contribution is -2.04. The van der Waals surface area contributed by atoms with Crippen LogP contribution in [0.5, 0.6) is 5.75 Å². The summed E-state index contributed by atoms with van der Waals surface area (Å²) >= 11 is 0. The first-order valence-electron chi connectivity index (χ1n) is 8.75. The van der Waals surface area contributed by atoms with Crippen molar-refractivity contribution in [2.24, 2.45) is 0 Å². The normalized spacial score (nSPS) is 11.3. The number of fused-ring (bicyclic) bond motifs is 1. The molecule has 27 heavy (non-hydrogen) atoms. The molecule has 3 aromatic carbocycles. The fraction of sp³-hybridized carbons (Fsp3) is 0.0870. The van der Waals surface area contributed by atoms with Crippen LogP contribution in [0, 0.1) is 5.82 Å². The van der Waals surface area contributed by atoms with E-state index in [4.69, 9.17) is 9.72 Å². The number of halogens is 1. The number of benzene rings is 3. The molecule has 0 bridgehead atoms. The lowest BCUT2D eigenvalue weighted by molar-refractivity contribution is 0.415. The third-order valence-corrected chi connectivity index (χ3v) is 4.51. The van der Waals surface area contributed by atoms with Gasteiger partial charge in [-0.1, -0.05) is 48.5 Å². The zero-order valence-electron chi connectivity index (χ0n) is 15.0. The third-order valence-electron chi connectivity index (χ3n) is 4.51. The van der Waals surface area contributed by atoms with Gasteiger partial charge in [-0.25, -0.2) is 9.37 Å². The topological polar surface area (TPSA) is 27.1 Å². The number of aromatic nitrogens is 2. The monoisotopic (exact) mass is 358 g/mol. The van der Waals surface area contributed by atoms with Crippen molar-refractivity contribution in [3.8, 4) is 5.75 Å². The zero-order chi connectivity index (χ0) is 18.6. The highest BCUT2D eigenvalue weighted by Gasteiger charge is 2.10. The van der Waals surface area contributed by atoms with Crippen molar-refractivity contribution in [1.82, 2.24) is 9.55 Å². The van der Waals surface area contributed by atoms with E-state index in [1.54, 1.807) is 19.2 Å². The summed E-state index contributed by atoms with van der Waals surface area (Å²) in [4.78, 5) is 4.72. The van der Waals surface area contributed by atoms with Gasteiger partial charge in [0, 0.05) is 5.56 Å². The highest BCUT2D eigenvalue weighted by Crippen LogP contribution is 2.21. The molecule has 0 atom stereocenters. The van der Waals surface area contributed by atoms with Crippen LogP contribution in [-0.4, -0.2) is 16.7 Å². The molecule has 0 saturated heterocycles. The van der Waals surface area contributed by atoms with Crippen molar-refractivity contribution in [1.29, 1.82) is 0 Å². The molecule has 1 heterocycles. The van der Waals surface area contributed by atoms with Gasteiger partial charge < -0.3 is 9.30 Å². The maximum Gasteiger partial charge on any atom is 0.134 e. The summed E-state index contributed by atoms with van der Waals surface area (Å²) in [6, 6.07) is 22.6. The summed E-state index contributed by atoms with van der Waals surface area (Å²) in [7, 11) is 1.65. The summed E-state index contributed by atoms with van der Waals surface area (Å²) < 4.78 is 21.4. The Bertz CT molecular complexity index is 1100. The molecule has 4 heteroatoms. The molecule has 0 spiro atoms. The maximum absolute atomic E-state index is 14.2. The van der Waals surface area contributed by atoms with Gasteiger partial charge in [-0.3, -0.25) is 0 Å². The quantitative estimate of drug-likeness (QED) is 0.477. The van der Waals surface area contributed by atoms with Gasteiger partial charge in [0.15, 0.2) is 0 Å². The van der Waals surface area contributed by atoms with Crippen LogP contribution in [0.2, 0.25) is 0 Å². The lowest BCUT2D eigenvalue weighted by Gasteiger charge is -2.08. The van der Waals surface area contributed by atoms with E-state index in [1.165, 1.54) is 6.07 Å². The minimum Gasteiger partial charge on any atom is -0.497 e. The van der Waals surface area contributed by atoms with Gasteiger partial charge >= 0.3 is 0 Å². The minimum absolute atomic E-state index is 0.208. The van der Waals surface area contributed by atoms with E-state index in [2.05, 4.69) is 0 Å². The Morgan fingerprint density at radius 2 is 1.67 bits per heavy atom. The average Bonchev–Trinajstić information content (AvgIpc) is 3.06. The van der Waals surface area contributed by atoms with Gasteiger partial charge in [0.25, 0.3) is 0 Å². The van der Waals surface area contributed by atoms with E-state index in [0.717, 1.165) is 28.2 Å². The predicted octanol–water partition coefficient (Wildman–Crippen LogP) is 5.40. The number of rotatable bonds is 5. The van der Waals surface area contributed by atoms with Crippen LogP contribution in [0.1, 0.15) is 17.0 Å². The molecule has 0 radical (unpaired) electrons. The Hall–Kier alpha value is -3.40. The van der Waals surface area contributed by atoms with E-state index >= 15 is 0 Å². The summed E-state index contributed by atoms with van der Waals surface area (Å²) in [5.74, 6) is 1.40. The van der Waals surface area contributed by atoms with Crippen molar-refractivity contribution in [3.63, 3.8) is 0 Å². The molecule has 0 saturated carbocycles. The van der Waals surface area contributed by atoms with Gasteiger partial charge in [-0.05, 0) is 42.0 Å². The standard InChI is InChI=1S/C23H19FN2O/c1-27-19-13-10-17(11-14-19)12-15-23-25-21-8-4-5-9-22(21)26(23)16-18-6-2-3-7-20(18)24/h2-15H,16H2,1H3/b15-12+. The van der Waals surface area contributed by atoms with E-state index in [-0.39, 0.29) is 5.82 Å². The van der Waals surface area contributed by atoms with E-state index in [1.807, 2.05) is 71.3 Å². The summed E-state index contributed by atoms with van der Waals surface area (Å²) in [5.41, 5.74) is 3.55. The van der Waals surface area contributed by atoms with Crippen molar-refractivity contribution >= 4 is 23.2 Å². The largest absolute Gasteiger partial charge is 0.497 e. The molecule has 0 unspecified atom stereocenters. The van der Waals surface area contributed by atoms with Crippen LogP contribution in [0.25, 0.3) is 23.2 Å². The fourth-order valence-electron chi connectivity index (χ4n) is 3.07. The molecular weight excluding hydrogens is 339 g/mol. The third kappa shape index (κ3) is 3.60. The SMILES string of the molecule is COc1ccc(/C=C/c2nc3ccccc3n2Cc2ccccc2F)cc1. The first kappa shape index (κ1) is 17.0. The van der Waals surface area contributed by atoms with E-state index in [0.29, 0.717) is 12.1 Å². The highest BCUT2D eigenvalue weighted by molar-refractivity contribution is 5.80. The highest BCUT2D eigenvalue weighted by atomic mass is 19.1. The van der Waals surface area contributed by atoms with Gasteiger partial charge in [-0.2, -0.15) is 0 Å². The number of methoxy groups -OCH3 is 1. The van der Waals surface area contributed by atoms with Crippen LogP contribution in [0.3, 0.4) is 0 Å². The van der Waals surface area contributed by atoms with E-state index < -0.39 is 0 Å². The number of para-hydroxylation sites is 2. The number of hydrogen-bond donors (Lipinski definition) is 0. The van der Waals surface area contributed by atoms with Gasteiger partial charge in [0.05, 0.1) is 24.7 Å². The Kier molecular flexibility index (Phi) is 4.71. The molecule has 1 aromatic heterocycles. The molecule has 0 N–H and O–H groups in total. The molecule has 4 aromatic rings. The van der Waals surface area contributed by atoms with E-state index in [9.17, 15) is 4.39 Å². The molecule has 0 amide bonds. The second kappa shape index (κ2) is 7.46. The number of nitrogens with zero attached hydrogens (tertiary/aromatic N) is 2. The molecular formula is C23H19FN2O. The smallest absolute Gasteiger partial charge is 0.134 e. The van der Waals surface area contributed by atoms with Crippen LogP contribution in [-0.2, 0) is 6.54 Å². The Labute approximate surface area is 157 Å². The average molecular weight is 358 g/mol. The molecule has 0 aliphatic rings. The summed E-state index contributed by atoms with van der Waals surface area (Å²) in [5, 5.41) is 0.